The molecule has 0 radical (unpaired) electrons. The molecule has 2 rings (SSSR count). The van der Waals surface area contributed by atoms with E-state index in [1.54, 1.807) is 18.2 Å². The number of alkyl halides is 1. The molecule has 1 aromatic carbocycles. The van der Waals surface area contributed by atoms with E-state index in [-0.39, 0.29) is 5.56 Å². The summed E-state index contributed by atoms with van der Waals surface area (Å²) in [6, 6.07) is 3.31. The van der Waals surface area contributed by atoms with Crippen LogP contribution < -0.4 is 4.74 Å². The summed E-state index contributed by atoms with van der Waals surface area (Å²) < 4.78 is 7.55. The number of carbonyl (C=O) groups excluding carboxylic acids is 1. The third kappa shape index (κ3) is 2.96. The second-order valence-corrected chi connectivity index (χ2v) is 5.97. The van der Waals surface area contributed by atoms with Gasteiger partial charge in [0.25, 0.3) is 0 Å². The fourth-order valence-electron chi connectivity index (χ4n) is 2.35. The number of ether oxygens (including phenoxy) is 1. The maximum absolute atomic E-state index is 11.7. The summed E-state index contributed by atoms with van der Waals surface area (Å²) in [6.45, 7) is 5.48. The number of nitrogens with zero attached hydrogens (tertiary/aromatic N) is 1. The molecule has 0 amide bonds. The van der Waals surface area contributed by atoms with Gasteiger partial charge in [-0.2, -0.15) is 0 Å². The number of hydrogen-bond acceptors (Lipinski definition) is 3. The van der Waals surface area contributed by atoms with Gasteiger partial charge in [-0.1, -0.05) is 22.0 Å². The van der Waals surface area contributed by atoms with Crippen LogP contribution in [0.25, 0.3) is 10.9 Å². The van der Waals surface area contributed by atoms with Gasteiger partial charge in [0, 0.05) is 29.9 Å². The summed E-state index contributed by atoms with van der Waals surface area (Å²) in [4.78, 5) is 22.8. The van der Waals surface area contributed by atoms with Crippen molar-refractivity contribution in [1.82, 2.24) is 4.57 Å². The SMILES string of the molecule is C=CCn1c(CBr)c(C(=O)O)c2cc(OC(C)=O)c(Br)cc21. The number of halogens is 2. The van der Waals surface area contributed by atoms with Crippen molar-refractivity contribution in [3.05, 3.63) is 40.5 Å². The molecule has 0 aliphatic heterocycles. The summed E-state index contributed by atoms with van der Waals surface area (Å²) in [6.07, 6.45) is 1.70. The molecule has 7 heteroatoms. The van der Waals surface area contributed by atoms with Gasteiger partial charge < -0.3 is 14.4 Å². The van der Waals surface area contributed by atoms with Crippen LogP contribution in [0.2, 0.25) is 0 Å². The lowest BCUT2D eigenvalue weighted by Gasteiger charge is -2.08. The van der Waals surface area contributed by atoms with Gasteiger partial charge in [-0.05, 0) is 28.1 Å². The molecule has 0 fully saturated rings. The molecule has 2 aromatic rings. The van der Waals surface area contributed by atoms with Gasteiger partial charge in [0.1, 0.15) is 5.75 Å². The Morgan fingerprint density at radius 2 is 2.14 bits per heavy atom. The highest BCUT2D eigenvalue weighted by Gasteiger charge is 2.23. The van der Waals surface area contributed by atoms with Crippen LogP contribution in [0.4, 0.5) is 0 Å². The molecule has 116 valence electrons. The zero-order valence-corrected chi connectivity index (χ0v) is 14.9. The van der Waals surface area contributed by atoms with Gasteiger partial charge in [-0.15, -0.1) is 6.58 Å². The highest BCUT2D eigenvalue weighted by atomic mass is 79.9. The van der Waals surface area contributed by atoms with Crippen molar-refractivity contribution >= 4 is 54.7 Å². The standard InChI is InChI=1S/C15H13Br2NO4/c1-3-4-18-11-6-10(17)13(22-8(2)19)5-9(11)14(15(20)21)12(18)7-16/h3,5-6H,1,4,7H2,2H3,(H,20,21). The second kappa shape index (κ2) is 6.66. The average molecular weight is 431 g/mol. The van der Waals surface area contributed by atoms with E-state index < -0.39 is 11.9 Å². The lowest BCUT2D eigenvalue weighted by molar-refractivity contribution is -0.131. The molecule has 1 aromatic heterocycles. The molecule has 0 spiro atoms. The minimum absolute atomic E-state index is 0.189. The van der Waals surface area contributed by atoms with Crippen LogP contribution in [0, 0.1) is 0 Å². The van der Waals surface area contributed by atoms with E-state index in [2.05, 4.69) is 38.4 Å². The third-order valence-corrected chi connectivity index (χ3v) is 4.28. The Hall–Kier alpha value is -1.60. The first kappa shape index (κ1) is 16.8. The van der Waals surface area contributed by atoms with Crippen LogP contribution in [0.1, 0.15) is 23.0 Å². The van der Waals surface area contributed by atoms with Gasteiger partial charge in [0.05, 0.1) is 15.6 Å². The van der Waals surface area contributed by atoms with Gasteiger partial charge in [0.2, 0.25) is 0 Å². The van der Waals surface area contributed by atoms with Crippen LogP contribution in [0.5, 0.6) is 5.75 Å². The number of carboxylic acid groups (broad SMARTS) is 1. The van der Waals surface area contributed by atoms with E-state index in [1.165, 1.54) is 6.92 Å². The van der Waals surface area contributed by atoms with Crippen LogP contribution in [0.3, 0.4) is 0 Å². The predicted molar refractivity (Wildman–Crippen MR) is 90.7 cm³/mol. The topological polar surface area (TPSA) is 68.5 Å². The Balaban J connectivity index is 2.85. The van der Waals surface area contributed by atoms with Crippen molar-refractivity contribution in [1.29, 1.82) is 0 Å². The number of aromatic carboxylic acids is 1. The Kier molecular flexibility index (Phi) is 5.08. The molecule has 22 heavy (non-hydrogen) atoms. The van der Waals surface area contributed by atoms with Crippen molar-refractivity contribution in [2.45, 2.75) is 18.8 Å². The summed E-state index contributed by atoms with van der Waals surface area (Å²) in [5, 5.41) is 10.4. The molecule has 0 saturated heterocycles. The van der Waals surface area contributed by atoms with Gasteiger partial charge in [0.15, 0.2) is 0 Å². The van der Waals surface area contributed by atoms with Crippen molar-refractivity contribution in [2.24, 2.45) is 0 Å². The molecule has 1 heterocycles. The van der Waals surface area contributed by atoms with Crippen LogP contribution in [-0.4, -0.2) is 21.6 Å². The number of carbonyl (C=O) groups is 2. The van der Waals surface area contributed by atoms with Gasteiger partial charge >= 0.3 is 11.9 Å². The second-order valence-electron chi connectivity index (χ2n) is 4.55. The van der Waals surface area contributed by atoms with E-state index >= 15 is 0 Å². The number of fused-ring (bicyclic) bond motifs is 1. The van der Waals surface area contributed by atoms with E-state index in [0.29, 0.717) is 33.2 Å². The quantitative estimate of drug-likeness (QED) is 0.335. The van der Waals surface area contributed by atoms with Crippen LogP contribution >= 0.6 is 31.9 Å². The number of esters is 1. The minimum Gasteiger partial charge on any atom is -0.478 e. The zero-order chi connectivity index (χ0) is 16.4. The molecular weight excluding hydrogens is 418 g/mol. The largest absolute Gasteiger partial charge is 0.478 e. The van der Waals surface area contributed by atoms with Gasteiger partial charge in [-0.3, -0.25) is 4.79 Å². The van der Waals surface area contributed by atoms with Gasteiger partial charge in [-0.25, -0.2) is 4.79 Å². The summed E-state index contributed by atoms with van der Waals surface area (Å²) in [7, 11) is 0. The maximum Gasteiger partial charge on any atom is 0.338 e. The van der Waals surface area contributed by atoms with Crippen LogP contribution in [-0.2, 0) is 16.7 Å². The van der Waals surface area contributed by atoms with E-state index in [1.807, 2.05) is 4.57 Å². The summed E-state index contributed by atoms with van der Waals surface area (Å²) >= 11 is 6.69. The first-order valence-electron chi connectivity index (χ1n) is 6.33. The minimum atomic E-state index is -1.03. The number of rotatable bonds is 5. The van der Waals surface area contributed by atoms with Crippen molar-refractivity contribution in [3.8, 4) is 5.75 Å². The van der Waals surface area contributed by atoms with E-state index in [4.69, 9.17) is 4.74 Å². The molecular formula is C15H13Br2NO4. The van der Waals surface area contributed by atoms with Crippen molar-refractivity contribution in [3.63, 3.8) is 0 Å². The monoisotopic (exact) mass is 429 g/mol. The number of hydrogen-bond donors (Lipinski definition) is 1. The molecule has 0 saturated carbocycles. The van der Waals surface area contributed by atoms with Crippen LogP contribution in [0.15, 0.2) is 29.3 Å². The Morgan fingerprint density at radius 1 is 1.45 bits per heavy atom. The third-order valence-electron chi connectivity index (χ3n) is 3.13. The molecule has 0 atom stereocenters. The maximum atomic E-state index is 11.7. The normalized spacial score (nSPS) is 10.7. The number of allylic oxidation sites excluding steroid dienone is 1. The van der Waals surface area contributed by atoms with E-state index in [9.17, 15) is 14.7 Å². The molecule has 0 aliphatic carbocycles. The zero-order valence-electron chi connectivity index (χ0n) is 11.7. The highest BCUT2D eigenvalue weighted by Crippen LogP contribution is 2.36. The highest BCUT2D eigenvalue weighted by molar-refractivity contribution is 9.10. The molecule has 0 bridgehead atoms. The lowest BCUT2D eigenvalue weighted by Crippen LogP contribution is -2.04. The Morgan fingerprint density at radius 3 is 2.64 bits per heavy atom. The molecule has 1 N–H and O–H groups in total. The fourth-order valence-corrected chi connectivity index (χ4v) is 3.35. The fraction of sp³-hybridized carbons (Fsp3) is 0.200. The molecule has 0 unspecified atom stereocenters. The first-order valence-corrected chi connectivity index (χ1v) is 8.25. The average Bonchev–Trinajstić information content (AvgIpc) is 2.72. The van der Waals surface area contributed by atoms with Crippen molar-refractivity contribution < 1.29 is 19.4 Å². The Labute approximate surface area is 143 Å². The number of benzene rings is 1. The smallest absolute Gasteiger partial charge is 0.338 e. The Bertz CT molecular complexity index is 780. The predicted octanol–water partition coefficient (Wildman–Crippen LogP) is 4.11. The van der Waals surface area contributed by atoms with Crippen molar-refractivity contribution in [2.75, 3.05) is 0 Å². The number of carboxylic acids is 1. The summed E-state index contributed by atoms with van der Waals surface area (Å²) in [5.74, 6) is -1.21. The molecule has 0 aliphatic rings. The summed E-state index contributed by atoms with van der Waals surface area (Å²) in [5.41, 5.74) is 1.55. The lowest BCUT2D eigenvalue weighted by atomic mass is 10.1. The van der Waals surface area contributed by atoms with E-state index in [0.717, 1.165) is 5.52 Å². The molecule has 5 nitrogen and oxygen atoms in total. The first-order chi connectivity index (χ1) is 10.4. The number of aromatic nitrogens is 1.